The molecule has 2 aromatic heterocycles. The van der Waals surface area contributed by atoms with Gasteiger partial charge in [-0.3, -0.25) is 4.79 Å². The molecule has 0 saturated carbocycles. The molecule has 0 bridgehead atoms. The van der Waals surface area contributed by atoms with Gasteiger partial charge in [0.05, 0.1) is 12.3 Å². The summed E-state index contributed by atoms with van der Waals surface area (Å²) in [7, 11) is 0. The summed E-state index contributed by atoms with van der Waals surface area (Å²) in [6, 6.07) is 2.10. The van der Waals surface area contributed by atoms with Crippen molar-refractivity contribution in [3.63, 3.8) is 0 Å². The van der Waals surface area contributed by atoms with E-state index in [0.29, 0.717) is 17.5 Å². The number of rotatable bonds is 6. The maximum Gasteiger partial charge on any atom is 0.230 e. The lowest BCUT2D eigenvalue weighted by atomic mass is 10.1. The number of carbonyl (C=O) groups is 1. The van der Waals surface area contributed by atoms with Crippen LogP contribution in [0.3, 0.4) is 0 Å². The first-order chi connectivity index (χ1) is 10.3. The summed E-state index contributed by atoms with van der Waals surface area (Å²) >= 11 is 3.08. The first-order valence-electron chi connectivity index (χ1n) is 6.96. The second-order valence-electron chi connectivity index (χ2n) is 5.93. The predicted octanol–water partition coefficient (Wildman–Crippen LogP) is 2.40. The lowest BCUT2D eigenvalue weighted by Gasteiger charge is -2.20. The van der Waals surface area contributed by atoms with E-state index < -0.39 is 0 Å². The van der Waals surface area contributed by atoms with Crippen LogP contribution in [-0.4, -0.2) is 32.1 Å². The van der Waals surface area contributed by atoms with Crippen molar-refractivity contribution in [2.45, 2.75) is 44.9 Å². The van der Waals surface area contributed by atoms with Gasteiger partial charge < -0.3 is 10.7 Å². The maximum atomic E-state index is 11.8. The molecule has 0 unspecified atom stereocenters. The summed E-state index contributed by atoms with van der Waals surface area (Å²) < 4.78 is 1.76. The van der Waals surface area contributed by atoms with Gasteiger partial charge in [-0.15, -0.1) is 21.5 Å². The van der Waals surface area contributed by atoms with Crippen LogP contribution in [0.5, 0.6) is 0 Å². The summed E-state index contributed by atoms with van der Waals surface area (Å²) in [5.41, 5.74) is 4.30. The first-order valence-corrected chi connectivity index (χ1v) is 8.82. The fourth-order valence-corrected chi connectivity index (χ4v) is 3.28. The average Bonchev–Trinajstić information content (AvgIpc) is 3.00. The van der Waals surface area contributed by atoms with Crippen LogP contribution in [0.2, 0.25) is 0 Å². The fourth-order valence-electron chi connectivity index (χ4n) is 1.76. The van der Waals surface area contributed by atoms with Gasteiger partial charge in [-0.25, -0.2) is 4.68 Å². The van der Waals surface area contributed by atoms with Crippen molar-refractivity contribution in [2.24, 2.45) is 0 Å². The normalized spacial score (nSPS) is 11.5. The number of thioether (sulfide) groups is 1. The summed E-state index contributed by atoms with van der Waals surface area (Å²) in [5, 5.41) is 13.6. The van der Waals surface area contributed by atoms with Crippen molar-refractivity contribution in [3.05, 3.63) is 28.2 Å². The van der Waals surface area contributed by atoms with Crippen LogP contribution in [0.15, 0.2) is 22.9 Å². The third-order valence-electron chi connectivity index (χ3n) is 2.74. The molecule has 8 heteroatoms. The molecule has 0 fully saturated rings. The highest BCUT2D eigenvalue weighted by atomic mass is 32.2. The summed E-state index contributed by atoms with van der Waals surface area (Å²) in [6.07, 6.45) is 1.62. The van der Waals surface area contributed by atoms with Crippen LogP contribution in [0, 0.1) is 6.92 Å². The van der Waals surface area contributed by atoms with Crippen molar-refractivity contribution < 1.29 is 4.79 Å². The third kappa shape index (κ3) is 5.03. The zero-order valence-electron chi connectivity index (χ0n) is 13.2. The van der Waals surface area contributed by atoms with Gasteiger partial charge in [-0.05, 0) is 44.7 Å². The van der Waals surface area contributed by atoms with Gasteiger partial charge in [0.15, 0.2) is 0 Å². The molecule has 0 aromatic carbocycles. The summed E-state index contributed by atoms with van der Waals surface area (Å²) in [4.78, 5) is 13.1. The van der Waals surface area contributed by atoms with Crippen molar-refractivity contribution in [3.8, 4) is 0 Å². The molecule has 1 amide bonds. The quantitative estimate of drug-likeness (QED) is 0.791. The van der Waals surface area contributed by atoms with E-state index in [4.69, 9.17) is 0 Å². The Morgan fingerprint density at radius 3 is 2.86 bits per heavy atom. The van der Waals surface area contributed by atoms with Crippen LogP contribution in [0.4, 0.5) is 0 Å². The summed E-state index contributed by atoms with van der Waals surface area (Å²) in [5.74, 6) is 0.302. The Labute approximate surface area is 138 Å². The summed E-state index contributed by atoms with van der Waals surface area (Å²) in [6.45, 7) is 8.68. The number of hydrogen-bond acceptors (Lipinski definition) is 6. The van der Waals surface area contributed by atoms with E-state index in [9.17, 15) is 4.79 Å². The molecule has 120 valence electrons. The van der Waals surface area contributed by atoms with Gasteiger partial charge in [0, 0.05) is 10.4 Å². The van der Waals surface area contributed by atoms with E-state index >= 15 is 0 Å². The van der Waals surface area contributed by atoms with Crippen molar-refractivity contribution in [2.75, 3.05) is 11.2 Å². The highest BCUT2D eigenvalue weighted by molar-refractivity contribution is 7.99. The first kappa shape index (κ1) is 16.8. The minimum absolute atomic E-state index is 0.0128. The highest BCUT2D eigenvalue weighted by Gasteiger charge is 2.15. The SMILES string of the molecule is Cc1ccsc1CNn1cnnc1SCC(=O)NC(C)(C)C. The highest BCUT2D eigenvalue weighted by Crippen LogP contribution is 2.17. The Hall–Kier alpha value is -1.54. The number of nitrogens with zero attached hydrogens (tertiary/aromatic N) is 3. The molecule has 0 saturated heterocycles. The minimum atomic E-state index is -0.222. The Kier molecular flexibility index (Phi) is 5.47. The lowest BCUT2D eigenvalue weighted by Crippen LogP contribution is -2.41. The zero-order valence-corrected chi connectivity index (χ0v) is 14.8. The van der Waals surface area contributed by atoms with E-state index in [0.717, 1.165) is 0 Å². The molecule has 22 heavy (non-hydrogen) atoms. The molecule has 6 nitrogen and oxygen atoms in total. The van der Waals surface area contributed by atoms with Crippen LogP contribution >= 0.6 is 23.1 Å². The Morgan fingerprint density at radius 2 is 2.23 bits per heavy atom. The van der Waals surface area contributed by atoms with E-state index in [1.807, 2.05) is 20.8 Å². The number of nitrogens with one attached hydrogen (secondary N) is 2. The molecule has 0 aliphatic heterocycles. The van der Waals surface area contributed by atoms with Gasteiger partial charge in [-0.1, -0.05) is 11.8 Å². The smallest absolute Gasteiger partial charge is 0.230 e. The fraction of sp³-hybridized carbons (Fsp3) is 0.500. The Morgan fingerprint density at radius 1 is 1.45 bits per heavy atom. The van der Waals surface area contributed by atoms with Gasteiger partial charge in [0.1, 0.15) is 6.33 Å². The second kappa shape index (κ2) is 7.15. The van der Waals surface area contributed by atoms with Gasteiger partial charge in [0.25, 0.3) is 0 Å². The maximum absolute atomic E-state index is 11.8. The lowest BCUT2D eigenvalue weighted by molar-refractivity contribution is -0.119. The molecular formula is C14H21N5OS2. The van der Waals surface area contributed by atoms with E-state index in [-0.39, 0.29) is 11.4 Å². The van der Waals surface area contributed by atoms with Gasteiger partial charge in [-0.2, -0.15) is 0 Å². The Balaban J connectivity index is 1.87. The zero-order chi connectivity index (χ0) is 16.2. The standard InChI is InChI=1S/C14H21N5OS2/c1-10-5-6-21-11(10)7-16-19-9-15-18-13(19)22-8-12(20)17-14(2,3)4/h5-6,9,16H,7-8H2,1-4H3,(H,17,20). The molecule has 0 spiro atoms. The monoisotopic (exact) mass is 339 g/mol. The molecule has 0 aliphatic carbocycles. The largest absolute Gasteiger partial charge is 0.351 e. The van der Waals surface area contributed by atoms with E-state index in [1.54, 1.807) is 22.3 Å². The number of carbonyl (C=O) groups excluding carboxylic acids is 1. The van der Waals surface area contributed by atoms with Gasteiger partial charge in [0.2, 0.25) is 11.1 Å². The van der Waals surface area contributed by atoms with Crippen molar-refractivity contribution in [1.29, 1.82) is 0 Å². The number of aromatic nitrogens is 3. The molecular weight excluding hydrogens is 318 g/mol. The molecule has 0 radical (unpaired) electrons. The molecule has 2 heterocycles. The van der Waals surface area contributed by atoms with E-state index in [1.165, 1.54) is 22.2 Å². The number of amides is 1. The molecule has 2 rings (SSSR count). The van der Waals surface area contributed by atoms with Gasteiger partial charge >= 0.3 is 0 Å². The van der Waals surface area contributed by atoms with E-state index in [2.05, 4.69) is 39.3 Å². The predicted molar refractivity (Wildman–Crippen MR) is 90.8 cm³/mol. The number of thiophene rings is 1. The molecule has 2 N–H and O–H groups in total. The number of hydrogen-bond donors (Lipinski definition) is 2. The molecule has 0 aliphatic rings. The molecule has 2 aromatic rings. The van der Waals surface area contributed by atoms with Crippen LogP contribution in [-0.2, 0) is 11.3 Å². The second-order valence-corrected chi connectivity index (χ2v) is 7.88. The van der Waals surface area contributed by atoms with Crippen molar-refractivity contribution in [1.82, 2.24) is 20.2 Å². The Bertz CT molecular complexity index is 629. The van der Waals surface area contributed by atoms with Crippen LogP contribution in [0.25, 0.3) is 0 Å². The van der Waals surface area contributed by atoms with Crippen LogP contribution < -0.4 is 10.7 Å². The van der Waals surface area contributed by atoms with Crippen LogP contribution in [0.1, 0.15) is 31.2 Å². The van der Waals surface area contributed by atoms with Crippen molar-refractivity contribution >= 4 is 29.0 Å². The number of aryl methyl sites for hydroxylation is 1. The molecule has 0 atom stereocenters. The minimum Gasteiger partial charge on any atom is -0.351 e. The topological polar surface area (TPSA) is 71.8 Å². The average molecular weight is 339 g/mol. The third-order valence-corrected chi connectivity index (χ3v) is 4.71.